The van der Waals surface area contributed by atoms with Crippen LogP contribution in [0.25, 0.3) is 0 Å². The maximum Gasteiger partial charge on any atom is 0.312 e. The molecule has 2 aromatic rings. The van der Waals surface area contributed by atoms with Gasteiger partial charge in [0, 0.05) is 18.3 Å². The maximum atomic E-state index is 11.1. The van der Waals surface area contributed by atoms with Crippen molar-refractivity contribution in [1.29, 1.82) is 5.26 Å². The number of hydrogen-bond donors (Lipinski definition) is 1. The molecule has 1 aliphatic carbocycles. The first-order valence-corrected chi connectivity index (χ1v) is 6.55. The van der Waals surface area contributed by atoms with Gasteiger partial charge >= 0.3 is 5.69 Å². The van der Waals surface area contributed by atoms with E-state index in [1.807, 2.05) is 18.2 Å². The number of pyridine rings is 1. The third kappa shape index (κ3) is 2.54. The molecule has 1 heterocycles. The van der Waals surface area contributed by atoms with Crippen LogP contribution in [0.3, 0.4) is 0 Å². The maximum absolute atomic E-state index is 11.1. The van der Waals surface area contributed by atoms with E-state index in [-0.39, 0.29) is 23.1 Å². The standard InChI is InChI=1S/C15H12N4O2/c16-8-10-5-14(19(20)21)15(17-9-10)18-13-6-11-3-1-2-4-12(11)7-13/h1-5,9,13H,6-7H2,(H,17,18). The molecule has 104 valence electrons. The van der Waals surface area contributed by atoms with E-state index in [9.17, 15) is 10.1 Å². The van der Waals surface area contributed by atoms with Crippen molar-refractivity contribution in [2.75, 3.05) is 5.32 Å². The lowest BCUT2D eigenvalue weighted by atomic mass is 10.1. The molecule has 0 saturated carbocycles. The molecule has 1 N–H and O–H groups in total. The predicted molar refractivity (Wildman–Crippen MR) is 76.9 cm³/mol. The van der Waals surface area contributed by atoms with Crippen molar-refractivity contribution >= 4 is 11.5 Å². The monoisotopic (exact) mass is 280 g/mol. The number of nitro groups is 1. The minimum absolute atomic E-state index is 0.0848. The van der Waals surface area contributed by atoms with E-state index in [0.717, 1.165) is 12.8 Å². The second-order valence-corrected chi connectivity index (χ2v) is 4.98. The van der Waals surface area contributed by atoms with Crippen molar-refractivity contribution in [2.24, 2.45) is 0 Å². The summed E-state index contributed by atoms with van der Waals surface area (Å²) in [5.41, 5.74) is 2.53. The lowest BCUT2D eigenvalue weighted by Crippen LogP contribution is -2.21. The lowest BCUT2D eigenvalue weighted by Gasteiger charge is -2.12. The van der Waals surface area contributed by atoms with Gasteiger partial charge in [0.05, 0.1) is 10.5 Å². The van der Waals surface area contributed by atoms with Crippen LogP contribution in [0.1, 0.15) is 16.7 Å². The molecular weight excluding hydrogens is 268 g/mol. The van der Waals surface area contributed by atoms with Gasteiger partial charge in [-0.2, -0.15) is 5.26 Å². The molecule has 0 saturated heterocycles. The Morgan fingerprint density at radius 2 is 2.00 bits per heavy atom. The van der Waals surface area contributed by atoms with Crippen LogP contribution in [0, 0.1) is 21.4 Å². The summed E-state index contributed by atoms with van der Waals surface area (Å²) in [5, 5.41) is 23.0. The fourth-order valence-corrected chi connectivity index (χ4v) is 2.62. The van der Waals surface area contributed by atoms with Crippen molar-refractivity contribution in [1.82, 2.24) is 4.98 Å². The average Bonchev–Trinajstić information content (AvgIpc) is 2.89. The van der Waals surface area contributed by atoms with Crippen LogP contribution in [-0.4, -0.2) is 15.9 Å². The van der Waals surface area contributed by atoms with E-state index in [1.54, 1.807) is 0 Å². The number of aromatic nitrogens is 1. The zero-order valence-corrected chi connectivity index (χ0v) is 11.1. The summed E-state index contributed by atoms with van der Waals surface area (Å²) in [6.07, 6.45) is 2.97. The summed E-state index contributed by atoms with van der Waals surface area (Å²) in [4.78, 5) is 14.6. The quantitative estimate of drug-likeness (QED) is 0.688. The van der Waals surface area contributed by atoms with Gasteiger partial charge < -0.3 is 5.32 Å². The highest BCUT2D eigenvalue weighted by Gasteiger charge is 2.24. The van der Waals surface area contributed by atoms with Crippen molar-refractivity contribution in [3.05, 3.63) is 63.3 Å². The number of nitrogens with one attached hydrogen (secondary N) is 1. The number of hydrogen-bond acceptors (Lipinski definition) is 5. The molecule has 3 rings (SSSR count). The van der Waals surface area contributed by atoms with E-state index >= 15 is 0 Å². The summed E-state index contributed by atoms with van der Waals surface area (Å²) in [6, 6.07) is 11.3. The highest BCUT2D eigenvalue weighted by atomic mass is 16.6. The lowest BCUT2D eigenvalue weighted by molar-refractivity contribution is -0.384. The van der Waals surface area contributed by atoms with E-state index in [0.29, 0.717) is 0 Å². The summed E-state index contributed by atoms with van der Waals surface area (Å²) in [6.45, 7) is 0. The van der Waals surface area contributed by atoms with Gasteiger partial charge in [-0.05, 0) is 24.0 Å². The number of fused-ring (bicyclic) bond motifs is 1. The van der Waals surface area contributed by atoms with Crippen LogP contribution >= 0.6 is 0 Å². The van der Waals surface area contributed by atoms with Crippen molar-refractivity contribution < 1.29 is 4.92 Å². The first-order chi connectivity index (χ1) is 10.2. The molecule has 6 heteroatoms. The molecule has 1 aliphatic rings. The first-order valence-electron chi connectivity index (χ1n) is 6.55. The molecule has 0 bridgehead atoms. The van der Waals surface area contributed by atoms with Crippen molar-refractivity contribution in [3.63, 3.8) is 0 Å². The normalized spacial score (nSPS) is 13.5. The summed E-state index contributed by atoms with van der Waals surface area (Å²) in [5.74, 6) is 0.219. The molecule has 0 amide bonds. The number of nitrogens with zero attached hydrogens (tertiary/aromatic N) is 3. The fourth-order valence-electron chi connectivity index (χ4n) is 2.62. The van der Waals surface area contributed by atoms with Crippen LogP contribution < -0.4 is 5.32 Å². The fraction of sp³-hybridized carbons (Fsp3) is 0.200. The second kappa shape index (κ2) is 5.21. The third-order valence-electron chi connectivity index (χ3n) is 3.59. The van der Waals surface area contributed by atoms with Gasteiger partial charge in [0.25, 0.3) is 0 Å². The highest BCUT2D eigenvalue weighted by molar-refractivity contribution is 5.59. The van der Waals surface area contributed by atoms with Gasteiger partial charge in [-0.1, -0.05) is 24.3 Å². The summed E-state index contributed by atoms with van der Waals surface area (Å²) in [7, 11) is 0. The zero-order valence-electron chi connectivity index (χ0n) is 11.1. The molecule has 0 atom stereocenters. The van der Waals surface area contributed by atoms with Gasteiger partial charge in [-0.15, -0.1) is 0 Å². The molecular formula is C15H12N4O2. The van der Waals surface area contributed by atoms with Crippen LogP contribution in [0.2, 0.25) is 0 Å². The van der Waals surface area contributed by atoms with Gasteiger partial charge in [0.15, 0.2) is 0 Å². The Kier molecular flexibility index (Phi) is 3.24. The van der Waals surface area contributed by atoms with E-state index in [2.05, 4.69) is 22.4 Å². The molecule has 0 fully saturated rings. The Bertz CT molecular complexity index is 727. The Hall–Kier alpha value is -2.94. The van der Waals surface area contributed by atoms with Crippen LogP contribution in [0.5, 0.6) is 0 Å². The number of anilines is 1. The molecule has 0 spiro atoms. The molecule has 1 aromatic heterocycles. The SMILES string of the molecule is N#Cc1cnc(NC2Cc3ccccc3C2)c([N+](=O)[O-])c1. The number of benzene rings is 1. The Morgan fingerprint density at radius 1 is 1.33 bits per heavy atom. The van der Waals surface area contributed by atoms with E-state index < -0.39 is 4.92 Å². The highest BCUT2D eigenvalue weighted by Crippen LogP contribution is 2.28. The minimum atomic E-state index is -0.516. The van der Waals surface area contributed by atoms with E-state index in [4.69, 9.17) is 5.26 Å². The molecule has 1 aromatic carbocycles. The number of rotatable bonds is 3. The van der Waals surface area contributed by atoms with Crippen LogP contribution in [-0.2, 0) is 12.8 Å². The zero-order chi connectivity index (χ0) is 14.8. The van der Waals surface area contributed by atoms with Gasteiger partial charge in [0.1, 0.15) is 6.07 Å². The predicted octanol–water partition coefficient (Wildman–Crippen LogP) is 2.44. The molecule has 21 heavy (non-hydrogen) atoms. The Morgan fingerprint density at radius 3 is 2.57 bits per heavy atom. The van der Waals surface area contributed by atoms with Crippen LogP contribution in [0.15, 0.2) is 36.5 Å². The summed E-state index contributed by atoms with van der Waals surface area (Å²) >= 11 is 0. The smallest absolute Gasteiger partial charge is 0.312 e. The van der Waals surface area contributed by atoms with Gasteiger partial charge in [-0.25, -0.2) is 4.98 Å². The average molecular weight is 280 g/mol. The molecule has 0 unspecified atom stereocenters. The van der Waals surface area contributed by atoms with E-state index in [1.165, 1.54) is 23.4 Å². The molecule has 0 aliphatic heterocycles. The largest absolute Gasteiger partial charge is 0.361 e. The molecule has 0 radical (unpaired) electrons. The Balaban J connectivity index is 1.84. The Labute approximate surface area is 121 Å². The number of nitriles is 1. The van der Waals surface area contributed by atoms with Crippen molar-refractivity contribution in [3.8, 4) is 6.07 Å². The van der Waals surface area contributed by atoms with Crippen molar-refractivity contribution in [2.45, 2.75) is 18.9 Å². The minimum Gasteiger partial charge on any atom is -0.361 e. The first kappa shape index (κ1) is 13.1. The summed E-state index contributed by atoms with van der Waals surface area (Å²) < 4.78 is 0. The van der Waals surface area contributed by atoms with Crippen LogP contribution in [0.4, 0.5) is 11.5 Å². The van der Waals surface area contributed by atoms with Gasteiger partial charge in [-0.3, -0.25) is 10.1 Å². The third-order valence-corrected chi connectivity index (χ3v) is 3.59. The second-order valence-electron chi connectivity index (χ2n) is 4.98. The topological polar surface area (TPSA) is 91.8 Å². The van der Waals surface area contributed by atoms with Gasteiger partial charge in [0.2, 0.25) is 5.82 Å². The molecule has 6 nitrogen and oxygen atoms in total.